The minimum atomic E-state index is -2.49. The molecule has 0 radical (unpaired) electrons. The average Bonchev–Trinajstić information content (AvgIpc) is 2.73. The van der Waals surface area contributed by atoms with Gasteiger partial charge in [-0.3, -0.25) is 0 Å². The molecule has 0 bridgehead atoms. The van der Waals surface area contributed by atoms with E-state index >= 15 is 0 Å². The predicted octanol–water partition coefficient (Wildman–Crippen LogP) is 7.06. The highest BCUT2D eigenvalue weighted by Gasteiger charge is 2.40. The molecular formula is C24H53NO3Si. The summed E-state index contributed by atoms with van der Waals surface area (Å²) in [6, 6.07) is 1.32. The Kier molecular flexibility index (Phi) is 20.0. The van der Waals surface area contributed by atoms with E-state index in [1.54, 1.807) is 21.3 Å². The quantitative estimate of drug-likeness (QED) is 0.136. The highest BCUT2D eigenvalue weighted by atomic mass is 28.4. The summed E-state index contributed by atoms with van der Waals surface area (Å²) in [4.78, 5) is 2.29. The Labute approximate surface area is 184 Å². The number of unbranched alkanes of at least 4 members (excludes halogenated alkanes) is 14. The van der Waals surface area contributed by atoms with Gasteiger partial charge in [0.05, 0.1) is 0 Å². The van der Waals surface area contributed by atoms with Crippen LogP contribution in [-0.2, 0) is 13.3 Å². The predicted molar refractivity (Wildman–Crippen MR) is 129 cm³/mol. The Morgan fingerprint density at radius 1 is 0.586 bits per heavy atom. The summed E-state index contributed by atoms with van der Waals surface area (Å²) in [5, 5.41) is 0. The normalized spacial score (nSPS) is 13.3. The van der Waals surface area contributed by atoms with Crippen molar-refractivity contribution in [2.24, 2.45) is 0 Å². The van der Waals surface area contributed by atoms with Gasteiger partial charge in [-0.2, -0.15) is 0 Å². The second-order valence-electron chi connectivity index (χ2n) is 8.86. The molecule has 0 N–H and O–H groups in total. The molecule has 5 heteroatoms. The molecule has 0 amide bonds. The van der Waals surface area contributed by atoms with Gasteiger partial charge in [0.2, 0.25) is 0 Å². The molecule has 0 fully saturated rings. The molecule has 4 nitrogen and oxygen atoms in total. The van der Waals surface area contributed by atoms with Gasteiger partial charge in [0.1, 0.15) is 0 Å². The van der Waals surface area contributed by atoms with Crippen LogP contribution in [0, 0.1) is 0 Å². The van der Waals surface area contributed by atoms with Gasteiger partial charge in [0, 0.05) is 33.4 Å². The van der Waals surface area contributed by atoms with Crippen LogP contribution < -0.4 is 0 Å². The molecule has 0 aliphatic heterocycles. The van der Waals surface area contributed by atoms with Crippen molar-refractivity contribution >= 4 is 8.80 Å². The minimum Gasteiger partial charge on any atom is -0.377 e. The van der Waals surface area contributed by atoms with Gasteiger partial charge in [0.15, 0.2) is 0 Å². The summed E-state index contributed by atoms with van der Waals surface area (Å²) in [6.07, 6.45) is 22.4. The third-order valence-electron chi connectivity index (χ3n) is 6.29. The van der Waals surface area contributed by atoms with Gasteiger partial charge in [0.25, 0.3) is 0 Å². The molecule has 0 heterocycles. The van der Waals surface area contributed by atoms with E-state index in [0.717, 1.165) is 6.04 Å². The largest absolute Gasteiger partial charge is 0.501 e. The lowest BCUT2D eigenvalue weighted by molar-refractivity contribution is 0.112. The van der Waals surface area contributed by atoms with Gasteiger partial charge in [-0.05, 0) is 20.5 Å². The molecule has 1 atom stereocenters. The van der Waals surface area contributed by atoms with E-state index < -0.39 is 8.80 Å². The van der Waals surface area contributed by atoms with Crippen molar-refractivity contribution in [3.8, 4) is 0 Å². The molecule has 1 unspecified atom stereocenters. The standard InChI is InChI=1S/C24H53NO3Si/c1-7-8-9-10-11-12-13-14-15-16-17-18-19-20-21-22-24(25(2)3)23-29(26-4,27-5)28-6/h24H,7-23H2,1-6H3. The fourth-order valence-corrected chi connectivity index (χ4v) is 6.23. The third kappa shape index (κ3) is 15.5. The first kappa shape index (κ1) is 29.1. The summed E-state index contributed by atoms with van der Waals surface area (Å²) in [7, 11) is 6.93. The molecule has 0 saturated carbocycles. The van der Waals surface area contributed by atoms with Gasteiger partial charge >= 0.3 is 8.80 Å². The maximum absolute atomic E-state index is 5.61. The Morgan fingerprint density at radius 3 is 1.24 bits per heavy atom. The maximum atomic E-state index is 5.61. The van der Waals surface area contributed by atoms with Crippen molar-refractivity contribution in [1.82, 2.24) is 4.90 Å². The van der Waals surface area contributed by atoms with Gasteiger partial charge in [-0.15, -0.1) is 0 Å². The molecule has 0 saturated heterocycles. The molecule has 0 aliphatic carbocycles. The fraction of sp³-hybridized carbons (Fsp3) is 1.00. The second-order valence-corrected chi connectivity index (χ2v) is 11.9. The summed E-state index contributed by atoms with van der Waals surface area (Å²) in [5.41, 5.74) is 0. The van der Waals surface area contributed by atoms with Crippen molar-refractivity contribution < 1.29 is 13.3 Å². The maximum Gasteiger partial charge on any atom is 0.501 e. The summed E-state index contributed by atoms with van der Waals surface area (Å²) >= 11 is 0. The Balaban J connectivity index is 3.62. The smallest absolute Gasteiger partial charge is 0.377 e. The van der Waals surface area contributed by atoms with Crippen molar-refractivity contribution in [2.75, 3.05) is 35.4 Å². The number of nitrogens with zero attached hydrogens (tertiary/aromatic N) is 1. The monoisotopic (exact) mass is 431 g/mol. The van der Waals surface area contributed by atoms with Crippen LogP contribution in [-0.4, -0.2) is 55.2 Å². The van der Waals surface area contributed by atoms with E-state index in [-0.39, 0.29) is 0 Å². The highest BCUT2D eigenvalue weighted by molar-refractivity contribution is 6.60. The summed E-state index contributed by atoms with van der Waals surface area (Å²) < 4.78 is 16.8. The van der Waals surface area contributed by atoms with Crippen LogP contribution in [0.2, 0.25) is 6.04 Å². The molecule has 29 heavy (non-hydrogen) atoms. The molecule has 0 aromatic carbocycles. The minimum absolute atomic E-state index is 0.462. The van der Waals surface area contributed by atoms with Crippen LogP contribution in [0.3, 0.4) is 0 Å². The second kappa shape index (κ2) is 20.0. The molecule has 0 rings (SSSR count). The van der Waals surface area contributed by atoms with Crippen molar-refractivity contribution in [2.45, 2.75) is 122 Å². The topological polar surface area (TPSA) is 30.9 Å². The van der Waals surface area contributed by atoms with Crippen LogP contribution in [0.5, 0.6) is 0 Å². The van der Waals surface area contributed by atoms with Gasteiger partial charge in [-0.1, -0.05) is 103 Å². The lowest BCUT2D eigenvalue weighted by Crippen LogP contribution is -2.48. The van der Waals surface area contributed by atoms with Crippen LogP contribution >= 0.6 is 0 Å². The molecule has 176 valence electrons. The Hall–Kier alpha value is 0.0569. The number of hydrogen-bond acceptors (Lipinski definition) is 4. The van der Waals surface area contributed by atoms with Crippen molar-refractivity contribution in [3.63, 3.8) is 0 Å². The van der Waals surface area contributed by atoms with Crippen LogP contribution in [0.15, 0.2) is 0 Å². The zero-order valence-electron chi connectivity index (χ0n) is 20.8. The molecule has 0 aromatic heterocycles. The highest BCUT2D eigenvalue weighted by Crippen LogP contribution is 2.22. The zero-order valence-corrected chi connectivity index (χ0v) is 21.8. The van der Waals surface area contributed by atoms with Crippen LogP contribution in [0.25, 0.3) is 0 Å². The Morgan fingerprint density at radius 2 is 0.931 bits per heavy atom. The first-order valence-corrected chi connectivity index (χ1v) is 14.3. The van der Waals surface area contributed by atoms with E-state index in [1.165, 1.54) is 103 Å². The first-order chi connectivity index (χ1) is 14.0. The molecule has 0 spiro atoms. The molecule has 0 aliphatic rings. The number of rotatable bonds is 22. The summed E-state index contributed by atoms with van der Waals surface area (Å²) in [6.45, 7) is 2.29. The number of hydrogen-bond donors (Lipinski definition) is 0. The van der Waals surface area contributed by atoms with Crippen molar-refractivity contribution in [1.29, 1.82) is 0 Å². The first-order valence-electron chi connectivity index (χ1n) is 12.4. The van der Waals surface area contributed by atoms with Crippen LogP contribution in [0.4, 0.5) is 0 Å². The lowest BCUT2D eigenvalue weighted by Gasteiger charge is -2.32. The van der Waals surface area contributed by atoms with E-state index in [1.807, 2.05) is 0 Å². The van der Waals surface area contributed by atoms with E-state index in [2.05, 4.69) is 25.9 Å². The molecular weight excluding hydrogens is 378 g/mol. The van der Waals surface area contributed by atoms with Gasteiger partial charge in [-0.25, -0.2) is 0 Å². The van der Waals surface area contributed by atoms with E-state index in [4.69, 9.17) is 13.3 Å². The lowest BCUT2D eigenvalue weighted by atomic mass is 10.0. The fourth-order valence-electron chi connectivity index (χ4n) is 4.08. The summed E-state index contributed by atoms with van der Waals surface area (Å²) in [5.74, 6) is 0. The van der Waals surface area contributed by atoms with Crippen LogP contribution in [0.1, 0.15) is 110 Å². The SMILES string of the molecule is CCCCCCCCCCCCCCCCCC(C[Si](OC)(OC)OC)N(C)C. The van der Waals surface area contributed by atoms with Crippen molar-refractivity contribution in [3.05, 3.63) is 0 Å². The zero-order chi connectivity index (χ0) is 21.8. The molecule has 0 aromatic rings. The van der Waals surface area contributed by atoms with E-state index in [9.17, 15) is 0 Å². The van der Waals surface area contributed by atoms with Gasteiger partial charge < -0.3 is 18.2 Å². The Bertz CT molecular complexity index is 330. The third-order valence-corrected chi connectivity index (χ3v) is 9.13. The average molecular weight is 432 g/mol. The van der Waals surface area contributed by atoms with E-state index in [0.29, 0.717) is 6.04 Å².